The summed E-state index contributed by atoms with van der Waals surface area (Å²) in [4.78, 5) is 27.2. The van der Waals surface area contributed by atoms with E-state index in [4.69, 9.17) is 4.74 Å². The Morgan fingerprint density at radius 2 is 2.03 bits per heavy atom. The molecule has 2 aromatic carbocycles. The minimum absolute atomic E-state index is 0.0401. The van der Waals surface area contributed by atoms with E-state index in [1.54, 1.807) is 30.3 Å². The van der Waals surface area contributed by atoms with Crippen LogP contribution in [0, 0.1) is 0 Å². The molecule has 6 heteroatoms. The van der Waals surface area contributed by atoms with Gasteiger partial charge >= 0.3 is 0 Å². The molecule has 0 aliphatic carbocycles. The number of carbonyl (C=O) groups is 2. The maximum atomic E-state index is 12.9. The predicted molar refractivity (Wildman–Crippen MR) is 108 cm³/mol. The SMILES string of the molecule is CCCCN1C(=O)C(=O)/C(=C(\O)c2ccc3c(c2)CCO3)C1c1cccc(O)c1. The number of unbranched alkanes of at least 4 members (excludes halogenated alkanes) is 1. The van der Waals surface area contributed by atoms with Crippen molar-refractivity contribution < 1.29 is 24.5 Å². The summed E-state index contributed by atoms with van der Waals surface area (Å²) in [7, 11) is 0. The van der Waals surface area contributed by atoms with Crippen LogP contribution in [-0.4, -0.2) is 40.0 Å². The first kappa shape index (κ1) is 19.1. The fourth-order valence-corrected chi connectivity index (χ4v) is 3.97. The molecule has 1 unspecified atom stereocenters. The second kappa shape index (κ2) is 7.62. The number of aliphatic hydroxyl groups excluding tert-OH is 1. The minimum atomic E-state index is -0.738. The number of hydrogen-bond donors (Lipinski definition) is 2. The van der Waals surface area contributed by atoms with Crippen LogP contribution < -0.4 is 4.74 Å². The lowest BCUT2D eigenvalue weighted by Crippen LogP contribution is -2.30. The number of ketones is 1. The van der Waals surface area contributed by atoms with Gasteiger partial charge in [-0.2, -0.15) is 0 Å². The van der Waals surface area contributed by atoms with E-state index in [0.29, 0.717) is 24.3 Å². The molecule has 0 aromatic heterocycles. The number of rotatable bonds is 5. The summed E-state index contributed by atoms with van der Waals surface area (Å²) in [6.07, 6.45) is 2.33. The molecule has 1 fully saturated rings. The van der Waals surface area contributed by atoms with E-state index in [-0.39, 0.29) is 17.1 Å². The third-order valence-electron chi connectivity index (χ3n) is 5.44. The molecule has 2 aliphatic rings. The van der Waals surface area contributed by atoms with Gasteiger partial charge in [-0.15, -0.1) is 0 Å². The standard InChI is InChI=1S/C23H23NO5/c1-2-3-10-24-20(15-5-4-6-17(25)13-15)19(22(27)23(24)28)21(26)16-7-8-18-14(12-16)9-11-29-18/h4-8,12-13,20,25-26H,2-3,9-11H2,1H3/b21-19-. The number of hydrogen-bond acceptors (Lipinski definition) is 5. The van der Waals surface area contributed by atoms with Crippen LogP contribution in [0.2, 0.25) is 0 Å². The Balaban J connectivity index is 1.85. The maximum Gasteiger partial charge on any atom is 0.295 e. The Bertz CT molecular complexity index is 1010. The third kappa shape index (κ3) is 3.35. The summed E-state index contributed by atoms with van der Waals surface area (Å²) < 4.78 is 5.51. The van der Waals surface area contributed by atoms with E-state index in [0.717, 1.165) is 30.6 Å². The lowest BCUT2D eigenvalue weighted by atomic mass is 9.94. The van der Waals surface area contributed by atoms with Crippen molar-refractivity contribution in [2.75, 3.05) is 13.2 Å². The Kier molecular flexibility index (Phi) is 5.01. The molecular formula is C23H23NO5. The van der Waals surface area contributed by atoms with Crippen LogP contribution in [0.15, 0.2) is 48.0 Å². The number of fused-ring (bicyclic) bond motifs is 1. The molecule has 29 heavy (non-hydrogen) atoms. The number of benzene rings is 2. The van der Waals surface area contributed by atoms with Gasteiger partial charge in [-0.3, -0.25) is 9.59 Å². The van der Waals surface area contributed by atoms with Crippen LogP contribution in [0.25, 0.3) is 5.76 Å². The van der Waals surface area contributed by atoms with Gasteiger partial charge in [-0.25, -0.2) is 0 Å². The first-order valence-corrected chi connectivity index (χ1v) is 9.84. The molecule has 0 bridgehead atoms. The van der Waals surface area contributed by atoms with Crippen molar-refractivity contribution in [3.8, 4) is 11.5 Å². The number of Topliss-reactive ketones (excluding diaryl/α,β-unsaturated/α-hetero) is 1. The quantitative estimate of drug-likeness (QED) is 0.461. The molecular weight excluding hydrogens is 370 g/mol. The summed E-state index contributed by atoms with van der Waals surface area (Å²) in [6.45, 7) is 2.99. The van der Waals surface area contributed by atoms with Crippen LogP contribution in [0.1, 0.15) is 42.5 Å². The smallest absolute Gasteiger partial charge is 0.295 e. The molecule has 2 aromatic rings. The molecule has 2 heterocycles. The van der Waals surface area contributed by atoms with E-state index in [1.807, 2.05) is 6.92 Å². The summed E-state index contributed by atoms with van der Waals surface area (Å²) in [5.74, 6) is -0.723. The number of likely N-dealkylation sites (tertiary alicyclic amines) is 1. The monoisotopic (exact) mass is 393 g/mol. The maximum absolute atomic E-state index is 12.9. The average molecular weight is 393 g/mol. The average Bonchev–Trinajstić information content (AvgIpc) is 3.28. The van der Waals surface area contributed by atoms with Gasteiger partial charge < -0.3 is 19.8 Å². The number of aliphatic hydroxyl groups is 1. The molecule has 6 nitrogen and oxygen atoms in total. The molecule has 2 N–H and O–H groups in total. The van der Waals surface area contributed by atoms with E-state index >= 15 is 0 Å². The fourth-order valence-electron chi connectivity index (χ4n) is 3.97. The van der Waals surface area contributed by atoms with E-state index < -0.39 is 17.7 Å². The zero-order valence-corrected chi connectivity index (χ0v) is 16.2. The number of carbonyl (C=O) groups excluding carboxylic acids is 2. The van der Waals surface area contributed by atoms with Gasteiger partial charge in [-0.1, -0.05) is 25.5 Å². The Morgan fingerprint density at radius 3 is 2.79 bits per heavy atom. The van der Waals surface area contributed by atoms with Crippen LogP contribution >= 0.6 is 0 Å². The van der Waals surface area contributed by atoms with Gasteiger partial charge in [0.25, 0.3) is 11.7 Å². The number of ether oxygens (including phenoxy) is 1. The van der Waals surface area contributed by atoms with Crippen LogP contribution in [0.4, 0.5) is 0 Å². The van der Waals surface area contributed by atoms with Gasteiger partial charge in [0.15, 0.2) is 0 Å². The lowest BCUT2D eigenvalue weighted by molar-refractivity contribution is -0.139. The van der Waals surface area contributed by atoms with Crippen molar-refractivity contribution in [1.82, 2.24) is 4.90 Å². The lowest BCUT2D eigenvalue weighted by Gasteiger charge is -2.25. The molecule has 0 saturated carbocycles. The van der Waals surface area contributed by atoms with Gasteiger partial charge in [0, 0.05) is 18.5 Å². The summed E-state index contributed by atoms with van der Waals surface area (Å²) in [5, 5.41) is 21.0. The van der Waals surface area contributed by atoms with Crippen LogP contribution in [0.3, 0.4) is 0 Å². The second-order valence-electron chi connectivity index (χ2n) is 7.36. The molecule has 1 atom stereocenters. The van der Waals surface area contributed by atoms with E-state index in [1.165, 1.54) is 17.0 Å². The first-order chi connectivity index (χ1) is 14.0. The van der Waals surface area contributed by atoms with E-state index in [9.17, 15) is 19.8 Å². The highest BCUT2D eigenvalue weighted by molar-refractivity contribution is 6.46. The first-order valence-electron chi connectivity index (χ1n) is 9.84. The molecule has 4 rings (SSSR count). The highest BCUT2D eigenvalue weighted by Gasteiger charge is 2.45. The van der Waals surface area contributed by atoms with Crippen molar-refractivity contribution >= 4 is 17.4 Å². The Labute approximate surface area is 169 Å². The van der Waals surface area contributed by atoms with Crippen LogP contribution in [0.5, 0.6) is 11.5 Å². The van der Waals surface area contributed by atoms with Crippen molar-refractivity contribution in [3.63, 3.8) is 0 Å². The fraction of sp³-hybridized carbons (Fsp3) is 0.304. The largest absolute Gasteiger partial charge is 0.508 e. The summed E-state index contributed by atoms with van der Waals surface area (Å²) in [5.41, 5.74) is 2.08. The topological polar surface area (TPSA) is 87.1 Å². The molecule has 1 amide bonds. The van der Waals surface area contributed by atoms with Gasteiger partial charge in [0.1, 0.15) is 17.3 Å². The molecule has 1 saturated heterocycles. The van der Waals surface area contributed by atoms with E-state index in [2.05, 4.69) is 0 Å². The second-order valence-corrected chi connectivity index (χ2v) is 7.36. The summed E-state index contributed by atoms with van der Waals surface area (Å²) >= 11 is 0. The molecule has 0 radical (unpaired) electrons. The van der Waals surface area contributed by atoms with Crippen molar-refractivity contribution in [2.24, 2.45) is 0 Å². The summed E-state index contributed by atoms with van der Waals surface area (Å²) in [6, 6.07) is 11.0. The molecule has 2 aliphatic heterocycles. The normalized spacial score (nSPS) is 20.0. The van der Waals surface area contributed by atoms with Gasteiger partial charge in [-0.05, 0) is 47.9 Å². The number of phenols is 1. The highest BCUT2D eigenvalue weighted by Crippen LogP contribution is 2.41. The Morgan fingerprint density at radius 1 is 1.21 bits per heavy atom. The molecule has 0 spiro atoms. The number of phenolic OH excluding ortho intramolecular Hbond substituents is 1. The van der Waals surface area contributed by atoms with Crippen molar-refractivity contribution in [2.45, 2.75) is 32.2 Å². The number of amides is 1. The number of aromatic hydroxyl groups is 1. The highest BCUT2D eigenvalue weighted by atomic mass is 16.5. The third-order valence-corrected chi connectivity index (χ3v) is 5.44. The van der Waals surface area contributed by atoms with Gasteiger partial charge in [0.05, 0.1) is 18.2 Å². The van der Waals surface area contributed by atoms with Crippen molar-refractivity contribution in [1.29, 1.82) is 0 Å². The molecule has 150 valence electrons. The number of nitrogens with zero attached hydrogens (tertiary/aromatic N) is 1. The zero-order valence-electron chi connectivity index (χ0n) is 16.2. The zero-order chi connectivity index (χ0) is 20.5. The minimum Gasteiger partial charge on any atom is -0.508 e. The van der Waals surface area contributed by atoms with Gasteiger partial charge in [0.2, 0.25) is 0 Å². The van der Waals surface area contributed by atoms with Crippen molar-refractivity contribution in [3.05, 3.63) is 64.7 Å². The predicted octanol–water partition coefficient (Wildman–Crippen LogP) is 3.55. The van der Waals surface area contributed by atoms with Crippen LogP contribution in [-0.2, 0) is 16.0 Å². The Hall–Kier alpha value is -3.28.